The van der Waals surface area contributed by atoms with Crippen molar-refractivity contribution >= 4 is 31.9 Å². The van der Waals surface area contributed by atoms with E-state index < -0.39 is 25.7 Å². The number of hydrogen-bond acceptors (Lipinski definition) is 4. The molecule has 0 radical (unpaired) electrons. The summed E-state index contributed by atoms with van der Waals surface area (Å²) >= 11 is 0. The summed E-state index contributed by atoms with van der Waals surface area (Å²) in [5.74, 6) is -1.63. The van der Waals surface area contributed by atoms with Crippen LogP contribution in [0.2, 0.25) is 0 Å². The van der Waals surface area contributed by atoms with Gasteiger partial charge in [-0.25, -0.2) is 0 Å². The van der Waals surface area contributed by atoms with Crippen LogP contribution in [0.3, 0.4) is 0 Å². The summed E-state index contributed by atoms with van der Waals surface area (Å²) in [5, 5.41) is 13.6. The molecule has 0 bridgehead atoms. The van der Waals surface area contributed by atoms with Crippen molar-refractivity contribution in [2.75, 3.05) is 13.3 Å². The second kappa shape index (κ2) is 6.47. The first-order valence-corrected chi connectivity index (χ1v) is 7.28. The molecule has 0 spiro atoms. The first kappa shape index (κ1) is 14.6. The van der Waals surface area contributed by atoms with Gasteiger partial charge in [-0.15, -0.1) is 0 Å². The molecule has 1 heterocycles. The number of carbonyl (C=O) groups excluding carboxylic acids is 2. The first-order chi connectivity index (χ1) is 8.40. The summed E-state index contributed by atoms with van der Waals surface area (Å²) < 4.78 is 5.06. The van der Waals surface area contributed by atoms with Crippen molar-refractivity contribution in [3.05, 3.63) is 0 Å². The van der Waals surface area contributed by atoms with Gasteiger partial charge in [0.25, 0.3) is 5.91 Å². The fourth-order valence-corrected chi connectivity index (χ4v) is 1.85. The second-order valence-electron chi connectivity index (χ2n) is 3.99. The maximum Gasteiger partial charge on any atom is 0.303 e. The highest BCUT2D eigenvalue weighted by Gasteiger charge is 2.40. The predicted octanol–water partition coefficient (Wildman–Crippen LogP) is -0.690. The van der Waals surface area contributed by atoms with Crippen LogP contribution in [0.5, 0.6) is 0 Å². The molecule has 1 fully saturated rings. The Morgan fingerprint density at radius 3 is 2.78 bits per heavy atom. The van der Waals surface area contributed by atoms with Crippen LogP contribution in [0.25, 0.3) is 0 Å². The molecule has 8 heteroatoms. The third-order valence-corrected chi connectivity index (χ3v) is 2.98. The van der Waals surface area contributed by atoms with E-state index >= 15 is 0 Å². The molecule has 2 amide bonds. The molecule has 0 aromatic heterocycles. The van der Waals surface area contributed by atoms with Crippen molar-refractivity contribution in [3.63, 3.8) is 0 Å². The zero-order valence-electron chi connectivity index (χ0n) is 10.0. The number of β-lactam (4-membered cyclic amide) rings is 1. The molecule has 1 rings (SSSR count). The number of carbonyl (C=O) groups is 3. The van der Waals surface area contributed by atoms with E-state index in [4.69, 9.17) is 9.63 Å². The maximum absolute atomic E-state index is 11.4. The average molecular weight is 275 g/mol. The number of nitrogens with one attached hydrogen (secondary N) is 2. The molecule has 3 atom stereocenters. The van der Waals surface area contributed by atoms with Gasteiger partial charge in [-0.1, -0.05) is 0 Å². The quantitative estimate of drug-likeness (QED) is 0.421. The van der Waals surface area contributed by atoms with Crippen LogP contribution in [0, 0.1) is 0 Å². The van der Waals surface area contributed by atoms with Crippen LogP contribution in [0.4, 0.5) is 0 Å². The van der Waals surface area contributed by atoms with Gasteiger partial charge in [0, 0.05) is 6.42 Å². The normalized spacial score (nSPS) is 22.7. The van der Waals surface area contributed by atoms with Gasteiger partial charge in [0.1, 0.15) is 19.0 Å². The Morgan fingerprint density at radius 1 is 1.61 bits per heavy atom. The Labute approximate surface area is 105 Å². The Morgan fingerprint density at radius 2 is 2.28 bits per heavy atom. The Bertz CT molecular complexity index is 384. The lowest BCUT2D eigenvalue weighted by Gasteiger charge is -2.36. The van der Waals surface area contributed by atoms with Crippen LogP contribution < -0.4 is 10.6 Å². The van der Waals surface area contributed by atoms with Gasteiger partial charge in [0.05, 0.1) is 6.04 Å². The summed E-state index contributed by atoms with van der Waals surface area (Å²) in [7, 11) is -0.871. The van der Waals surface area contributed by atoms with Crippen molar-refractivity contribution < 1.29 is 24.0 Å². The van der Waals surface area contributed by atoms with Gasteiger partial charge < -0.3 is 15.7 Å². The van der Waals surface area contributed by atoms with Crippen molar-refractivity contribution in [1.82, 2.24) is 10.6 Å². The van der Waals surface area contributed by atoms with Crippen LogP contribution in [-0.4, -0.2) is 54.5 Å². The molecule has 3 unspecified atom stereocenters. The van der Waals surface area contributed by atoms with Crippen LogP contribution in [0.1, 0.15) is 12.8 Å². The Hall–Kier alpha value is -1.46. The van der Waals surface area contributed by atoms with Crippen LogP contribution >= 0.6 is 7.77 Å². The molecule has 0 aromatic rings. The van der Waals surface area contributed by atoms with Crippen molar-refractivity contribution in [1.29, 1.82) is 0 Å². The van der Waals surface area contributed by atoms with E-state index in [0.29, 0.717) is 6.42 Å². The summed E-state index contributed by atoms with van der Waals surface area (Å²) in [6.07, 6.45) is 3.87. The van der Waals surface area contributed by atoms with Gasteiger partial charge in [-0.2, -0.15) is 4.52 Å². The largest absolute Gasteiger partial charge is 0.481 e. The smallest absolute Gasteiger partial charge is 0.303 e. The summed E-state index contributed by atoms with van der Waals surface area (Å²) in [4.78, 5) is 33.1. The van der Waals surface area contributed by atoms with Crippen LogP contribution in [0.15, 0.2) is 0 Å². The minimum absolute atomic E-state index is 0.0487. The zero-order valence-corrected chi connectivity index (χ0v) is 10.9. The third-order valence-electron chi connectivity index (χ3n) is 2.41. The second-order valence-corrected chi connectivity index (χ2v) is 5.51. The minimum Gasteiger partial charge on any atom is -0.481 e. The Kier molecular flexibility index (Phi) is 5.25. The summed E-state index contributed by atoms with van der Waals surface area (Å²) in [6, 6.07) is -0.978. The number of rotatable bonds is 7. The topological polar surface area (TPSA) is 105 Å². The van der Waals surface area contributed by atoms with Gasteiger partial charge >= 0.3 is 5.97 Å². The number of carboxylic acids is 1. The molecule has 3 N–H and O–H groups in total. The summed E-state index contributed by atoms with van der Waals surface area (Å²) in [5.41, 5.74) is 0. The first-order valence-electron chi connectivity index (χ1n) is 5.39. The van der Waals surface area contributed by atoms with Crippen molar-refractivity contribution in [2.45, 2.75) is 24.9 Å². The van der Waals surface area contributed by atoms with E-state index in [9.17, 15) is 14.4 Å². The molecule has 7 nitrogen and oxygen atoms in total. The number of aliphatic carboxylic acids is 1. The average Bonchev–Trinajstić information content (AvgIpc) is 2.28. The van der Waals surface area contributed by atoms with E-state index in [-0.39, 0.29) is 25.0 Å². The standard InChI is InChI=1S/C10H15N2O5P/c1-18(2)17-5-7(13)12-9-6(11-10(9)16)3-4-8(14)15/h6,9H,1,3-5H2,2H3,(H2-,11,12,13,14,15,16)/p+1. The molecular formula is C10H16N2O5P+. The molecule has 0 saturated carbocycles. The highest BCUT2D eigenvalue weighted by molar-refractivity contribution is 7.49. The lowest BCUT2D eigenvalue weighted by atomic mass is 9.94. The van der Waals surface area contributed by atoms with E-state index in [2.05, 4.69) is 16.9 Å². The minimum atomic E-state index is -0.932. The van der Waals surface area contributed by atoms with E-state index in [1.54, 1.807) is 6.66 Å². The van der Waals surface area contributed by atoms with Crippen LogP contribution in [-0.2, 0) is 18.9 Å². The fraction of sp³-hybridized carbons (Fsp3) is 0.600. The van der Waals surface area contributed by atoms with Crippen molar-refractivity contribution in [2.24, 2.45) is 0 Å². The lowest BCUT2D eigenvalue weighted by Crippen LogP contribution is -2.69. The monoisotopic (exact) mass is 275 g/mol. The molecule has 0 aromatic carbocycles. The number of carboxylic acid groups (broad SMARTS) is 1. The third kappa shape index (κ3) is 4.43. The van der Waals surface area contributed by atoms with Gasteiger partial charge in [-0.05, 0) is 6.42 Å². The number of amides is 2. The molecular weight excluding hydrogens is 259 g/mol. The lowest BCUT2D eigenvalue weighted by molar-refractivity contribution is -0.140. The van der Waals surface area contributed by atoms with Crippen molar-refractivity contribution in [3.8, 4) is 0 Å². The molecule has 1 saturated heterocycles. The number of hydrogen-bond donors (Lipinski definition) is 3. The van der Waals surface area contributed by atoms with Gasteiger partial charge in [-0.3, -0.25) is 14.4 Å². The van der Waals surface area contributed by atoms with E-state index in [1.807, 2.05) is 0 Å². The molecule has 100 valence electrons. The maximum atomic E-state index is 11.4. The Balaban J connectivity index is 2.34. The molecule has 1 aliphatic rings. The van der Waals surface area contributed by atoms with E-state index in [0.717, 1.165) is 0 Å². The highest BCUT2D eigenvalue weighted by Crippen LogP contribution is 2.15. The summed E-state index contributed by atoms with van der Waals surface area (Å²) in [6.45, 7) is 1.62. The molecule has 0 aliphatic carbocycles. The SMILES string of the molecule is C=[P+](C)OCC(=O)NC1C(=O)NC1CCC(=O)O. The fourth-order valence-electron chi connectivity index (χ4n) is 1.51. The molecule has 1 aliphatic heterocycles. The molecule has 18 heavy (non-hydrogen) atoms. The zero-order chi connectivity index (χ0) is 13.7. The highest BCUT2D eigenvalue weighted by atomic mass is 31.1. The van der Waals surface area contributed by atoms with Gasteiger partial charge in [0.2, 0.25) is 13.7 Å². The van der Waals surface area contributed by atoms with Gasteiger partial charge in [0.15, 0.2) is 6.61 Å². The van der Waals surface area contributed by atoms with E-state index in [1.165, 1.54) is 0 Å². The predicted molar refractivity (Wildman–Crippen MR) is 66.6 cm³/mol.